The number of aliphatic carboxylic acids is 1. The van der Waals surface area contributed by atoms with E-state index in [9.17, 15) is 4.79 Å². The molecule has 0 aromatic rings. The van der Waals surface area contributed by atoms with Gasteiger partial charge in [-0.2, -0.15) is 0 Å². The van der Waals surface area contributed by atoms with E-state index >= 15 is 0 Å². The first kappa shape index (κ1) is 14.6. The van der Waals surface area contributed by atoms with E-state index in [-0.39, 0.29) is 12.5 Å². The summed E-state index contributed by atoms with van der Waals surface area (Å²) in [6.07, 6.45) is 6.66. The predicted octanol–water partition coefficient (Wildman–Crippen LogP) is 2.80. The molecule has 90 valence electrons. The van der Waals surface area contributed by atoms with Crippen LogP contribution in [0.4, 0.5) is 0 Å². The van der Waals surface area contributed by atoms with Crippen molar-refractivity contribution in [1.82, 2.24) is 0 Å². The monoisotopic (exact) mass is 224 g/mol. The van der Waals surface area contributed by atoms with Crippen LogP contribution >= 0.6 is 0 Å². The minimum atomic E-state index is -0.930. The highest BCUT2D eigenvalue weighted by Gasteiger charge is 2.21. The van der Waals surface area contributed by atoms with Gasteiger partial charge in [0.2, 0.25) is 0 Å². The van der Waals surface area contributed by atoms with Crippen molar-refractivity contribution in [2.24, 2.45) is 5.92 Å². The van der Waals surface area contributed by atoms with Gasteiger partial charge in [-0.25, -0.2) is 4.79 Å². The van der Waals surface area contributed by atoms with Gasteiger partial charge in [-0.3, -0.25) is 0 Å². The van der Waals surface area contributed by atoms with Crippen LogP contribution in [0.5, 0.6) is 0 Å². The second-order valence-electron chi connectivity index (χ2n) is 3.86. The Kier molecular flexibility index (Phi) is 7.21. The van der Waals surface area contributed by atoms with Crippen LogP contribution in [0.1, 0.15) is 20.8 Å². The average Bonchev–Trinajstić information content (AvgIpc) is 2.17. The largest absolute Gasteiger partial charge is 0.479 e. The van der Waals surface area contributed by atoms with Crippen molar-refractivity contribution >= 4 is 5.97 Å². The quantitative estimate of drug-likeness (QED) is 0.676. The molecule has 0 saturated carbocycles. The molecule has 3 nitrogen and oxygen atoms in total. The summed E-state index contributed by atoms with van der Waals surface area (Å²) in [5.41, 5.74) is 0.755. The van der Waals surface area contributed by atoms with Gasteiger partial charge in [0.15, 0.2) is 6.10 Å². The molecule has 0 saturated heterocycles. The second kappa shape index (κ2) is 7.88. The lowest BCUT2D eigenvalue weighted by molar-refractivity contribution is -0.152. The fraction of sp³-hybridized carbons (Fsp3) is 0.462. The molecule has 0 aliphatic carbocycles. The maximum atomic E-state index is 10.8. The van der Waals surface area contributed by atoms with Gasteiger partial charge in [-0.1, -0.05) is 44.7 Å². The molecule has 0 fully saturated rings. The third-order valence-corrected chi connectivity index (χ3v) is 1.93. The van der Waals surface area contributed by atoms with Crippen molar-refractivity contribution in [2.75, 3.05) is 6.61 Å². The lowest BCUT2D eigenvalue weighted by Crippen LogP contribution is -2.29. The normalized spacial score (nSPS) is 13.8. The van der Waals surface area contributed by atoms with Gasteiger partial charge in [-0.05, 0) is 18.4 Å². The molecule has 0 heterocycles. The molecule has 0 bridgehead atoms. The molecule has 0 aliphatic heterocycles. The molecule has 0 aliphatic rings. The highest BCUT2D eigenvalue weighted by Crippen LogP contribution is 2.08. The van der Waals surface area contributed by atoms with Crippen molar-refractivity contribution in [2.45, 2.75) is 26.9 Å². The zero-order valence-corrected chi connectivity index (χ0v) is 10.1. The topological polar surface area (TPSA) is 46.5 Å². The Morgan fingerprint density at radius 1 is 1.44 bits per heavy atom. The first-order valence-corrected chi connectivity index (χ1v) is 5.30. The second-order valence-corrected chi connectivity index (χ2v) is 3.86. The highest BCUT2D eigenvalue weighted by molar-refractivity contribution is 5.72. The smallest absolute Gasteiger partial charge is 0.333 e. The van der Waals surface area contributed by atoms with Gasteiger partial charge in [0, 0.05) is 0 Å². The Bertz CT molecular complexity index is 288. The number of carboxylic acids is 1. The number of allylic oxidation sites excluding steroid dienone is 3. The Morgan fingerprint density at radius 2 is 2.06 bits per heavy atom. The summed E-state index contributed by atoms with van der Waals surface area (Å²) in [5.74, 6) is -0.981. The minimum absolute atomic E-state index is 0.0511. The molecule has 1 N–H and O–H groups in total. The van der Waals surface area contributed by atoms with Gasteiger partial charge in [0.25, 0.3) is 0 Å². The van der Waals surface area contributed by atoms with Gasteiger partial charge in [-0.15, -0.1) is 0 Å². The lowest BCUT2D eigenvalue weighted by atomic mass is 10.1. The fourth-order valence-electron chi connectivity index (χ4n) is 1.10. The molecule has 0 amide bonds. The average molecular weight is 224 g/mol. The van der Waals surface area contributed by atoms with Gasteiger partial charge < -0.3 is 9.84 Å². The molecule has 0 rings (SSSR count). The van der Waals surface area contributed by atoms with E-state index in [4.69, 9.17) is 9.84 Å². The Morgan fingerprint density at radius 3 is 2.50 bits per heavy atom. The third-order valence-electron chi connectivity index (χ3n) is 1.93. The zero-order valence-electron chi connectivity index (χ0n) is 10.1. The van der Waals surface area contributed by atoms with Crippen molar-refractivity contribution in [1.29, 1.82) is 0 Å². The first-order chi connectivity index (χ1) is 7.49. The van der Waals surface area contributed by atoms with E-state index in [1.807, 2.05) is 39.0 Å². The highest BCUT2D eigenvalue weighted by atomic mass is 16.5. The van der Waals surface area contributed by atoms with Crippen molar-refractivity contribution in [3.05, 3.63) is 36.5 Å². The van der Waals surface area contributed by atoms with Crippen LogP contribution in [-0.2, 0) is 9.53 Å². The number of ether oxygens (including phenoxy) is 1. The van der Waals surface area contributed by atoms with E-state index in [2.05, 4.69) is 6.58 Å². The molecule has 0 aromatic carbocycles. The number of rotatable bonds is 7. The summed E-state index contributed by atoms with van der Waals surface area (Å²) in [6, 6.07) is 0. The maximum Gasteiger partial charge on any atom is 0.333 e. The van der Waals surface area contributed by atoms with Crippen LogP contribution in [0.3, 0.4) is 0 Å². The minimum Gasteiger partial charge on any atom is -0.479 e. The standard InChI is InChI=1S/C13H20O3/c1-5-6-7-8-11(4)9-16-12(10(2)3)13(14)15/h5-8,10,12H,4,9H2,1-3H3,(H,14,15)/b6-5-,8-7-. The van der Waals surface area contributed by atoms with E-state index < -0.39 is 12.1 Å². The van der Waals surface area contributed by atoms with Crippen LogP contribution in [-0.4, -0.2) is 23.8 Å². The third kappa shape index (κ3) is 6.19. The molecule has 0 radical (unpaired) electrons. The summed E-state index contributed by atoms with van der Waals surface area (Å²) < 4.78 is 5.28. The van der Waals surface area contributed by atoms with E-state index in [1.54, 1.807) is 6.08 Å². The molecular weight excluding hydrogens is 204 g/mol. The van der Waals surface area contributed by atoms with E-state index in [0.29, 0.717) is 0 Å². The molecular formula is C13H20O3. The van der Waals surface area contributed by atoms with E-state index in [0.717, 1.165) is 5.57 Å². The fourth-order valence-corrected chi connectivity index (χ4v) is 1.10. The summed E-state index contributed by atoms with van der Waals surface area (Å²) in [4.78, 5) is 10.8. The molecule has 0 spiro atoms. The Hall–Kier alpha value is -1.35. The molecule has 0 aromatic heterocycles. The first-order valence-electron chi connectivity index (χ1n) is 5.30. The van der Waals surface area contributed by atoms with Crippen molar-refractivity contribution in [3.63, 3.8) is 0 Å². The number of carbonyl (C=O) groups is 1. The Labute approximate surface area is 97.1 Å². The van der Waals surface area contributed by atoms with Crippen LogP contribution in [0, 0.1) is 5.92 Å². The number of hydrogen-bond acceptors (Lipinski definition) is 2. The Balaban J connectivity index is 4.11. The predicted molar refractivity (Wildman–Crippen MR) is 65.3 cm³/mol. The SMILES string of the molecule is C=C(/C=C\C=C/C)COC(C(=O)O)C(C)C. The number of hydrogen-bond donors (Lipinski definition) is 1. The lowest BCUT2D eigenvalue weighted by Gasteiger charge is -2.16. The molecule has 3 heteroatoms. The van der Waals surface area contributed by atoms with Gasteiger partial charge >= 0.3 is 5.97 Å². The van der Waals surface area contributed by atoms with Crippen LogP contribution in [0.2, 0.25) is 0 Å². The number of carboxylic acid groups (broad SMARTS) is 1. The summed E-state index contributed by atoms with van der Waals surface area (Å²) in [6.45, 7) is 9.57. The van der Waals surface area contributed by atoms with Crippen LogP contribution < -0.4 is 0 Å². The summed E-state index contributed by atoms with van der Waals surface area (Å²) in [5, 5.41) is 8.89. The van der Waals surface area contributed by atoms with Gasteiger partial charge in [0.1, 0.15) is 0 Å². The maximum absolute atomic E-state index is 10.8. The van der Waals surface area contributed by atoms with Crippen LogP contribution in [0.25, 0.3) is 0 Å². The molecule has 1 unspecified atom stereocenters. The van der Waals surface area contributed by atoms with Crippen molar-refractivity contribution < 1.29 is 14.6 Å². The van der Waals surface area contributed by atoms with Crippen LogP contribution in [0.15, 0.2) is 36.5 Å². The van der Waals surface area contributed by atoms with E-state index in [1.165, 1.54) is 0 Å². The summed E-state index contributed by atoms with van der Waals surface area (Å²) >= 11 is 0. The zero-order chi connectivity index (χ0) is 12.6. The molecule has 16 heavy (non-hydrogen) atoms. The summed E-state index contributed by atoms with van der Waals surface area (Å²) in [7, 11) is 0. The van der Waals surface area contributed by atoms with Crippen molar-refractivity contribution in [3.8, 4) is 0 Å². The molecule has 1 atom stereocenters. The van der Waals surface area contributed by atoms with Gasteiger partial charge in [0.05, 0.1) is 6.61 Å².